The van der Waals surface area contributed by atoms with Gasteiger partial charge >= 0.3 is 0 Å². The molecule has 2 amide bonds. The van der Waals surface area contributed by atoms with E-state index in [1.54, 1.807) is 30.3 Å². The predicted octanol–water partition coefficient (Wildman–Crippen LogP) is 5.18. The maximum absolute atomic E-state index is 12.6. The zero-order valence-electron chi connectivity index (χ0n) is 18.8. The molecule has 6 heteroatoms. The van der Waals surface area contributed by atoms with Gasteiger partial charge in [0.25, 0.3) is 11.8 Å². The second kappa shape index (κ2) is 10.8. The van der Waals surface area contributed by atoms with E-state index in [1.807, 2.05) is 63.2 Å². The molecular weight excluding hydrogens is 414 g/mol. The first-order valence-electron chi connectivity index (χ1n) is 10.4. The maximum Gasteiger partial charge on any atom is 0.266 e. The van der Waals surface area contributed by atoms with Gasteiger partial charge in [0.15, 0.2) is 6.61 Å². The number of ether oxygens (including phenoxy) is 1. The van der Waals surface area contributed by atoms with E-state index in [1.165, 1.54) is 6.08 Å². The lowest BCUT2D eigenvalue weighted by Gasteiger charge is -2.10. The number of carbonyl (C=O) groups excluding carboxylic acids is 2. The third-order valence-corrected chi connectivity index (χ3v) is 5.20. The summed E-state index contributed by atoms with van der Waals surface area (Å²) in [5.74, 6) is -0.229. The molecule has 0 unspecified atom stereocenters. The monoisotopic (exact) mass is 439 g/mol. The fourth-order valence-electron chi connectivity index (χ4n) is 3.10. The van der Waals surface area contributed by atoms with Crippen LogP contribution >= 0.6 is 0 Å². The number of para-hydroxylation sites is 1. The lowest BCUT2D eigenvalue weighted by Crippen LogP contribution is -2.20. The molecule has 0 spiro atoms. The topological polar surface area (TPSA) is 91.2 Å². The van der Waals surface area contributed by atoms with Crippen LogP contribution in [-0.2, 0) is 9.59 Å². The van der Waals surface area contributed by atoms with Gasteiger partial charge in [-0.25, -0.2) is 0 Å². The van der Waals surface area contributed by atoms with Gasteiger partial charge in [-0.15, -0.1) is 0 Å². The number of rotatable bonds is 7. The SMILES string of the molecule is Cc1ccccc1NC(=O)COc1ccc(/C=C(/C#N)C(=O)Nc2cccc(C)c2C)cc1. The number of anilines is 2. The van der Waals surface area contributed by atoms with E-state index in [4.69, 9.17) is 4.74 Å². The highest BCUT2D eigenvalue weighted by molar-refractivity contribution is 6.10. The second-order valence-corrected chi connectivity index (χ2v) is 7.59. The maximum atomic E-state index is 12.6. The summed E-state index contributed by atoms with van der Waals surface area (Å²) in [5.41, 5.74) is 5.05. The predicted molar refractivity (Wildman–Crippen MR) is 130 cm³/mol. The zero-order chi connectivity index (χ0) is 23.8. The van der Waals surface area contributed by atoms with Crippen molar-refractivity contribution in [1.82, 2.24) is 0 Å². The highest BCUT2D eigenvalue weighted by Gasteiger charge is 2.12. The van der Waals surface area contributed by atoms with Crippen molar-refractivity contribution in [2.24, 2.45) is 0 Å². The van der Waals surface area contributed by atoms with Crippen LogP contribution in [0.5, 0.6) is 5.75 Å². The summed E-state index contributed by atoms with van der Waals surface area (Å²) in [6, 6.07) is 21.9. The highest BCUT2D eigenvalue weighted by atomic mass is 16.5. The van der Waals surface area contributed by atoms with Gasteiger partial charge in [-0.05, 0) is 73.4 Å². The average molecular weight is 440 g/mol. The van der Waals surface area contributed by atoms with Crippen LogP contribution in [0.15, 0.2) is 72.3 Å². The molecule has 0 aromatic heterocycles. The van der Waals surface area contributed by atoms with Crippen LogP contribution in [0.1, 0.15) is 22.3 Å². The summed E-state index contributed by atoms with van der Waals surface area (Å²) < 4.78 is 5.54. The van der Waals surface area contributed by atoms with Gasteiger partial charge in [0.2, 0.25) is 0 Å². The molecule has 0 heterocycles. The number of nitrogens with one attached hydrogen (secondary N) is 2. The Morgan fingerprint density at radius 2 is 1.55 bits per heavy atom. The van der Waals surface area contributed by atoms with Gasteiger partial charge in [0.1, 0.15) is 17.4 Å². The van der Waals surface area contributed by atoms with E-state index in [9.17, 15) is 14.9 Å². The number of amides is 2. The molecule has 3 aromatic carbocycles. The number of hydrogen-bond donors (Lipinski definition) is 2. The van der Waals surface area contributed by atoms with Crippen LogP contribution < -0.4 is 15.4 Å². The number of aryl methyl sites for hydroxylation is 2. The van der Waals surface area contributed by atoms with Crippen LogP contribution in [-0.4, -0.2) is 18.4 Å². The van der Waals surface area contributed by atoms with Crippen molar-refractivity contribution in [2.45, 2.75) is 20.8 Å². The van der Waals surface area contributed by atoms with Gasteiger partial charge in [-0.3, -0.25) is 9.59 Å². The first-order valence-corrected chi connectivity index (χ1v) is 10.4. The van der Waals surface area contributed by atoms with Gasteiger partial charge in [0.05, 0.1) is 0 Å². The summed E-state index contributed by atoms with van der Waals surface area (Å²) in [5, 5.41) is 15.1. The summed E-state index contributed by atoms with van der Waals surface area (Å²) >= 11 is 0. The number of nitriles is 1. The molecule has 0 bridgehead atoms. The lowest BCUT2D eigenvalue weighted by atomic mass is 10.1. The Bertz CT molecular complexity index is 1240. The van der Waals surface area contributed by atoms with E-state index in [0.29, 0.717) is 17.0 Å². The van der Waals surface area contributed by atoms with Crippen LogP contribution in [0.25, 0.3) is 6.08 Å². The minimum Gasteiger partial charge on any atom is -0.484 e. The van der Waals surface area contributed by atoms with Crippen molar-refractivity contribution >= 4 is 29.3 Å². The molecule has 0 fully saturated rings. The zero-order valence-corrected chi connectivity index (χ0v) is 18.8. The Hall–Kier alpha value is -4.37. The number of benzene rings is 3. The van der Waals surface area contributed by atoms with Crippen molar-refractivity contribution in [3.63, 3.8) is 0 Å². The number of carbonyl (C=O) groups is 2. The molecule has 0 aliphatic heterocycles. The number of nitrogens with zero attached hydrogens (tertiary/aromatic N) is 1. The van der Waals surface area contributed by atoms with Crippen LogP contribution in [0.4, 0.5) is 11.4 Å². The molecule has 3 aromatic rings. The molecule has 0 saturated carbocycles. The molecule has 33 heavy (non-hydrogen) atoms. The molecule has 2 N–H and O–H groups in total. The lowest BCUT2D eigenvalue weighted by molar-refractivity contribution is -0.118. The standard InChI is InChI=1S/C27H25N3O3/c1-18-8-6-10-25(20(18)3)30-27(32)22(16-28)15-21-11-13-23(14-12-21)33-17-26(31)29-24-9-5-4-7-19(24)2/h4-15H,17H2,1-3H3,(H,29,31)(H,30,32)/b22-15-. The molecule has 166 valence electrons. The Balaban J connectivity index is 1.60. The molecule has 0 aliphatic rings. The van der Waals surface area contributed by atoms with E-state index >= 15 is 0 Å². The molecule has 0 atom stereocenters. The Morgan fingerprint density at radius 1 is 0.879 bits per heavy atom. The molecule has 6 nitrogen and oxygen atoms in total. The normalized spacial score (nSPS) is 10.8. The third-order valence-electron chi connectivity index (χ3n) is 5.20. The summed E-state index contributed by atoms with van der Waals surface area (Å²) in [7, 11) is 0. The first kappa shape index (κ1) is 23.3. The molecule has 3 rings (SSSR count). The van der Waals surface area contributed by atoms with Gasteiger partial charge < -0.3 is 15.4 Å². The van der Waals surface area contributed by atoms with Gasteiger partial charge in [0, 0.05) is 11.4 Å². The largest absolute Gasteiger partial charge is 0.484 e. The van der Waals surface area contributed by atoms with E-state index in [0.717, 1.165) is 22.4 Å². The Kier molecular flexibility index (Phi) is 7.61. The summed E-state index contributed by atoms with van der Waals surface area (Å²) in [6.07, 6.45) is 1.51. The minimum absolute atomic E-state index is 0.0119. The van der Waals surface area contributed by atoms with Crippen molar-refractivity contribution in [3.8, 4) is 11.8 Å². The van der Waals surface area contributed by atoms with E-state index in [2.05, 4.69) is 10.6 Å². The minimum atomic E-state index is -0.473. The summed E-state index contributed by atoms with van der Waals surface area (Å²) in [6.45, 7) is 5.66. The Labute approximate surface area is 193 Å². The van der Waals surface area contributed by atoms with Gasteiger partial charge in [-0.2, -0.15) is 5.26 Å². The highest BCUT2D eigenvalue weighted by Crippen LogP contribution is 2.20. The van der Waals surface area contributed by atoms with E-state index < -0.39 is 5.91 Å². The van der Waals surface area contributed by atoms with Crippen LogP contribution in [0.2, 0.25) is 0 Å². The van der Waals surface area contributed by atoms with Gasteiger partial charge in [-0.1, -0.05) is 42.5 Å². The Morgan fingerprint density at radius 3 is 2.24 bits per heavy atom. The van der Waals surface area contributed by atoms with E-state index in [-0.39, 0.29) is 18.1 Å². The van der Waals surface area contributed by atoms with Crippen molar-refractivity contribution in [2.75, 3.05) is 17.2 Å². The quantitative estimate of drug-likeness (QED) is 0.392. The number of hydrogen-bond acceptors (Lipinski definition) is 4. The van der Waals surface area contributed by atoms with Crippen LogP contribution in [0, 0.1) is 32.1 Å². The van der Waals surface area contributed by atoms with Crippen molar-refractivity contribution in [1.29, 1.82) is 5.26 Å². The molecule has 0 radical (unpaired) electrons. The smallest absolute Gasteiger partial charge is 0.266 e. The van der Waals surface area contributed by atoms with Crippen molar-refractivity contribution < 1.29 is 14.3 Å². The fourth-order valence-corrected chi connectivity index (χ4v) is 3.10. The first-order chi connectivity index (χ1) is 15.9. The molecule has 0 saturated heterocycles. The van der Waals surface area contributed by atoms with Crippen LogP contribution in [0.3, 0.4) is 0 Å². The van der Waals surface area contributed by atoms with Crippen molar-refractivity contribution in [3.05, 3.63) is 94.6 Å². The average Bonchev–Trinajstić information content (AvgIpc) is 2.81. The molecule has 0 aliphatic carbocycles. The summed E-state index contributed by atoms with van der Waals surface area (Å²) in [4.78, 5) is 24.7. The second-order valence-electron chi connectivity index (χ2n) is 7.59. The fraction of sp³-hybridized carbons (Fsp3) is 0.148. The third kappa shape index (κ3) is 6.31. The molecular formula is C27H25N3O3.